The molecule has 0 aromatic heterocycles. The van der Waals surface area contributed by atoms with E-state index in [1.807, 2.05) is 19.1 Å². The minimum atomic E-state index is 0.0234. The maximum absolute atomic E-state index is 11.8. The molecule has 0 spiro atoms. The zero-order valence-corrected chi connectivity index (χ0v) is 14.4. The van der Waals surface area contributed by atoms with Crippen molar-refractivity contribution in [2.45, 2.75) is 26.2 Å². The van der Waals surface area contributed by atoms with E-state index in [0.717, 1.165) is 12.0 Å². The number of methoxy groups -OCH3 is 3. The van der Waals surface area contributed by atoms with Crippen molar-refractivity contribution in [1.82, 2.24) is 5.32 Å². The first-order valence-corrected chi connectivity index (χ1v) is 7.79. The van der Waals surface area contributed by atoms with Crippen molar-refractivity contribution in [3.8, 4) is 17.2 Å². The van der Waals surface area contributed by atoms with Crippen LogP contribution in [0.4, 0.5) is 0 Å². The van der Waals surface area contributed by atoms with Gasteiger partial charge in [0.05, 0.1) is 21.3 Å². The summed E-state index contributed by atoms with van der Waals surface area (Å²) in [5.41, 5.74) is 0.962. The zero-order valence-electron chi connectivity index (χ0n) is 14.4. The lowest BCUT2D eigenvalue weighted by atomic mass is 10.1. The Morgan fingerprint density at radius 3 is 2.26 bits per heavy atom. The van der Waals surface area contributed by atoms with E-state index in [1.165, 1.54) is 0 Å². The third-order valence-electron chi connectivity index (χ3n) is 3.36. The first-order valence-electron chi connectivity index (χ1n) is 7.79. The number of carbonyl (C=O) groups is 1. The zero-order chi connectivity index (χ0) is 17.1. The molecular weight excluding hydrogens is 298 g/mol. The highest BCUT2D eigenvalue weighted by atomic mass is 16.5. The van der Waals surface area contributed by atoms with Crippen LogP contribution in [0.15, 0.2) is 12.1 Å². The van der Waals surface area contributed by atoms with Crippen molar-refractivity contribution in [3.05, 3.63) is 17.7 Å². The number of amides is 1. The monoisotopic (exact) mass is 325 g/mol. The molecule has 0 aliphatic heterocycles. The molecule has 0 radical (unpaired) electrons. The van der Waals surface area contributed by atoms with Gasteiger partial charge in [0.1, 0.15) is 0 Å². The standard InChI is InChI=1S/C17H27NO5/c1-5-23-10-6-9-18-16(19)8-7-13-11-14(20-2)17(22-4)15(12-13)21-3/h11-12H,5-10H2,1-4H3,(H,18,19). The summed E-state index contributed by atoms with van der Waals surface area (Å²) in [6, 6.07) is 3.73. The molecule has 1 aromatic rings. The highest BCUT2D eigenvalue weighted by Crippen LogP contribution is 2.38. The van der Waals surface area contributed by atoms with Gasteiger partial charge in [-0.1, -0.05) is 0 Å². The molecule has 0 saturated carbocycles. The Kier molecular flexibility index (Phi) is 8.90. The van der Waals surface area contributed by atoms with Crippen molar-refractivity contribution < 1.29 is 23.7 Å². The molecule has 0 saturated heterocycles. The molecule has 0 aliphatic carbocycles. The normalized spacial score (nSPS) is 10.3. The lowest BCUT2D eigenvalue weighted by Crippen LogP contribution is -2.25. The van der Waals surface area contributed by atoms with Gasteiger partial charge < -0.3 is 24.3 Å². The minimum Gasteiger partial charge on any atom is -0.493 e. The molecule has 1 N–H and O–H groups in total. The number of nitrogens with one attached hydrogen (secondary N) is 1. The number of ether oxygens (including phenoxy) is 4. The van der Waals surface area contributed by atoms with Crippen LogP contribution < -0.4 is 19.5 Å². The van der Waals surface area contributed by atoms with Crippen molar-refractivity contribution in [1.29, 1.82) is 0 Å². The van der Waals surface area contributed by atoms with Crippen molar-refractivity contribution in [2.24, 2.45) is 0 Å². The summed E-state index contributed by atoms with van der Waals surface area (Å²) in [5.74, 6) is 1.77. The van der Waals surface area contributed by atoms with Crippen LogP contribution >= 0.6 is 0 Å². The summed E-state index contributed by atoms with van der Waals surface area (Å²) in [5, 5.41) is 2.89. The van der Waals surface area contributed by atoms with Gasteiger partial charge in [-0.3, -0.25) is 4.79 Å². The fraction of sp³-hybridized carbons (Fsp3) is 0.588. The summed E-state index contributed by atoms with van der Waals surface area (Å²) < 4.78 is 21.1. The average molecular weight is 325 g/mol. The second-order valence-electron chi connectivity index (χ2n) is 4.93. The van der Waals surface area contributed by atoms with Gasteiger partial charge in [-0.25, -0.2) is 0 Å². The number of hydrogen-bond donors (Lipinski definition) is 1. The van der Waals surface area contributed by atoms with Crippen LogP contribution in [0.5, 0.6) is 17.2 Å². The van der Waals surface area contributed by atoms with E-state index in [2.05, 4.69) is 5.32 Å². The Labute approximate surface area is 138 Å². The Balaban J connectivity index is 2.52. The quantitative estimate of drug-likeness (QED) is 0.632. The number of benzene rings is 1. The van der Waals surface area contributed by atoms with Crippen LogP contribution in [0.3, 0.4) is 0 Å². The predicted molar refractivity (Wildman–Crippen MR) is 88.5 cm³/mol. The Morgan fingerprint density at radius 1 is 1.09 bits per heavy atom. The molecule has 0 fully saturated rings. The molecule has 6 heteroatoms. The highest BCUT2D eigenvalue weighted by Gasteiger charge is 2.13. The molecule has 0 aliphatic rings. The first kappa shape index (κ1) is 19.1. The lowest BCUT2D eigenvalue weighted by Gasteiger charge is -2.14. The summed E-state index contributed by atoms with van der Waals surface area (Å²) in [4.78, 5) is 11.8. The van der Waals surface area contributed by atoms with Gasteiger partial charge in [-0.2, -0.15) is 0 Å². The molecule has 0 bridgehead atoms. The summed E-state index contributed by atoms with van der Waals surface area (Å²) in [6.07, 6.45) is 1.84. The molecule has 0 unspecified atom stereocenters. The number of hydrogen-bond acceptors (Lipinski definition) is 5. The highest BCUT2D eigenvalue weighted by molar-refractivity contribution is 5.76. The second kappa shape index (κ2) is 10.7. The molecule has 130 valence electrons. The smallest absolute Gasteiger partial charge is 0.220 e. The van der Waals surface area contributed by atoms with E-state index in [0.29, 0.717) is 49.8 Å². The van der Waals surface area contributed by atoms with E-state index in [-0.39, 0.29) is 5.91 Å². The van der Waals surface area contributed by atoms with E-state index in [1.54, 1.807) is 21.3 Å². The predicted octanol–water partition coefficient (Wildman–Crippen LogP) is 2.19. The van der Waals surface area contributed by atoms with Crippen LogP contribution in [0.2, 0.25) is 0 Å². The van der Waals surface area contributed by atoms with Gasteiger partial charge in [0, 0.05) is 26.2 Å². The largest absolute Gasteiger partial charge is 0.493 e. The van der Waals surface area contributed by atoms with Crippen LogP contribution in [0.1, 0.15) is 25.3 Å². The van der Waals surface area contributed by atoms with Gasteiger partial charge in [0.15, 0.2) is 11.5 Å². The number of carbonyl (C=O) groups excluding carboxylic acids is 1. The molecule has 1 aromatic carbocycles. The van der Waals surface area contributed by atoms with Crippen molar-refractivity contribution in [2.75, 3.05) is 41.1 Å². The first-order chi connectivity index (χ1) is 11.2. The third kappa shape index (κ3) is 6.36. The van der Waals surface area contributed by atoms with Gasteiger partial charge >= 0.3 is 0 Å². The van der Waals surface area contributed by atoms with E-state index in [4.69, 9.17) is 18.9 Å². The molecule has 1 rings (SSSR count). The Hall–Kier alpha value is -1.95. The minimum absolute atomic E-state index is 0.0234. The van der Waals surface area contributed by atoms with Gasteiger partial charge in [-0.05, 0) is 37.5 Å². The molecular formula is C17H27NO5. The van der Waals surface area contributed by atoms with E-state index < -0.39 is 0 Å². The van der Waals surface area contributed by atoms with E-state index >= 15 is 0 Å². The van der Waals surface area contributed by atoms with Crippen molar-refractivity contribution in [3.63, 3.8) is 0 Å². The lowest BCUT2D eigenvalue weighted by molar-refractivity contribution is -0.121. The number of rotatable bonds is 11. The Bertz CT molecular complexity index is 465. The van der Waals surface area contributed by atoms with Crippen molar-refractivity contribution >= 4 is 5.91 Å². The second-order valence-corrected chi connectivity index (χ2v) is 4.93. The third-order valence-corrected chi connectivity index (χ3v) is 3.36. The topological polar surface area (TPSA) is 66.0 Å². The van der Waals surface area contributed by atoms with Crippen LogP contribution in [0.25, 0.3) is 0 Å². The van der Waals surface area contributed by atoms with Crippen LogP contribution in [-0.2, 0) is 16.0 Å². The average Bonchev–Trinajstić information content (AvgIpc) is 2.58. The molecule has 1 amide bonds. The van der Waals surface area contributed by atoms with Gasteiger partial charge in [0.2, 0.25) is 11.7 Å². The molecule has 23 heavy (non-hydrogen) atoms. The van der Waals surface area contributed by atoms with Gasteiger partial charge in [-0.15, -0.1) is 0 Å². The molecule has 0 atom stereocenters. The maximum atomic E-state index is 11.8. The summed E-state index contributed by atoms with van der Waals surface area (Å²) >= 11 is 0. The van der Waals surface area contributed by atoms with E-state index in [9.17, 15) is 4.79 Å². The number of aryl methyl sites for hydroxylation is 1. The fourth-order valence-electron chi connectivity index (χ4n) is 2.17. The van der Waals surface area contributed by atoms with Crippen LogP contribution in [-0.4, -0.2) is 47.0 Å². The molecule has 6 nitrogen and oxygen atoms in total. The van der Waals surface area contributed by atoms with Crippen LogP contribution in [0, 0.1) is 0 Å². The summed E-state index contributed by atoms with van der Waals surface area (Å²) in [7, 11) is 4.72. The van der Waals surface area contributed by atoms with Gasteiger partial charge in [0.25, 0.3) is 0 Å². The summed E-state index contributed by atoms with van der Waals surface area (Å²) in [6.45, 7) is 3.96. The fourth-order valence-corrected chi connectivity index (χ4v) is 2.17. The Morgan fingerprint density at radius 2 is 1.74 bits per heavy atom. The SMILES string of the molecule is CCOCCCNC(=O)CCc1cc(OC)c(OC)c(OC)c1. The maximum Gasteiger partial charge on any atom is 0.220 e. The molecule has 0 heterocycles.